The molecule has 1 atom stereocenters. The van der Waals surface area contributed by atoms with E-state index >= 15 is 0 Å². The Morgan fingerprint density at radius 2 is 2.15 bits per heavy atom. The van der Waals surface area contributed by atoms with Gasteiger partial charge in [-0.05, 0) is 31.4 Å². The highest BCUT2D eigenvalue weighted by atomic mass is 19.1. The van der Waals surface area contributed by atoms with Crippen LogP contribution in [0.15, 0.2) is 24.4 Å². The Labute approximate surface area is 150 Å². The van der Waals surface area contributed by atoms with E-state index in [4.69, 9.17) is 9.47 Å². The van der Waals surface area contributed by atoms with Gasteiger partial charge in [-0.1, -0.05) is 17.3 Å². The average molecular weight is 360 g/mol. The zero-order chi connectivity index (χ0) is 18.1. The van der Waals surface area contributed by atoms with Crippen LogP contribution in [0.2, 0.25) is 0 Å². The molecule has 2 saturated heterocycles. The van der Waals surface area contributed by atoms with Crippen molar-refractivity contribution in [2.75, 3.05) is 19.8 Å². The molecule has 138 valence electrons. The van der Waals surface area contributed by atoms with Crippen LogP contribution in [0.3, 0.4) is 0 Å². The van der Waals surface area contributed by atoms with E-state index in [1.807, 2.05) is 0 Å². The summed E-state index contributed by atoms with van der Waals surface area (Å²) in [6.45, 7) is 3.43. The second kappa shape index (κ2) is 7.13. The fraction of sp³-hybridized carbons (Fsp3) is 0.500. The number of rotatable bonds is 4. The molecule has 1 unspecified atom stereocenters. The molecule has 4 rings (SSSR count). The third kappa shape index (κ3) is 3.22. The number of benzene rings is 1. The minimum Gasteiger partial charge on any atom is -0.350 e. The number of carbonyl (C=O) groups excluding carboxylic acids is 1. The molecule has 2 aliphatic rings. The molecule has 7 nitrogen and oxygen atoms in total. The van der Waals surface area contributed by atoms with Crippen LogP contribution in [0.1, 0.15) is 36.6 Å². The van der Waals surface area contributed by atoms with E-state index in [9.17, 15) is 9.18 Å². The summed E-state index contributed by atoms with van der Waals surface area (Å²) < 4.78 is 26.5. The number of likely N-dealkylation sites (tertiary alicyclic amines) is 1. The molecular weight excluding hydrogens is 339 g/mol. The van der Waals surface area contributed by atoms with E-state index in [0.717, 1.165) is 12.8 Å². The van der Waals surface area contributed by atoms with Gasteiger partial charge < -0.3 is 14.4 Å². The van der Waals surface area contributed by atoms with Gasteiger partial charge in [0.25, 0.3) is 0 Å². The normalized spacial score (nSPS) is 20.8. The summed E-state index contributed by atoms with van der Waals surface area (Å²) in [7, 11) is 0. The van der Waals surface area contributed by atoms with E-state index in [1.165, 1.54) is 4.68 Å². The summed E-state index contributed by atoms with van der Waals surface area (Å²) >= 11 is 0. The topological polar surface area (TPSA) is 69.5 Å². The SMILES string of the molecule is Cc1cccc(-n2cc(C3CCCN3C(=O)CC3OCCO3)nn2)c1F. The Morgan fingerprint density at radius 3 is 2.96 bits per heavy atom. The molecule has 2 aliphatic heterocycles. The van der Waals surface area contributed by atoms with Gasteiger partial charge in [0.2, 0.25) is 5.91 Å². The molecule has 0 aliphatic carbocycles. The van der Waals surface area contributed by atoms with E-state index in [0.29, 0.717) is 36.7 Å². The van der Waals surface area contributed by atoms with Crippen LogP contribution in [-0.2, 0) is 14.3 Å². The summed E-state index contributed by atoms with van der Waals surface area (Å²) in [5.41, 5.74) is 1.58. The van der Waals surface area contributed by atoms with Crippen molar-refractivity contribution in [2.45, 2.75) is 38.5 Å². The van der Waals surface area contributed by atoms with Crippen LogP contribution in [0.25, 0.3) is 5.69 Å². The molecule has 1 amide bonds. The molecule has 0 N–H and O–H groups in total. The Kier molecular flexibility index (Phi) is 4.69. The van der Waals surface area contributed by atoms with Crippen LogP contribution in [0.5, 0.6) is 0 Å². The fourth-order valence-electron chi connectivity index (χ4n) is 3.51. The number of aryl methyl sites for hydroxylation is 1. The van der Waals surface area contributed by atoms with Gasteiger partial charge in [0.1, 0.15) is 11.4 Å². The molecule has 0 saturated carbocycles. The minimum absolute atomic E-state index is 0.0179. The van der Waals surface area contributed by atoms with Gasteiger partial charge in [0.05, 0.1) is 31.9 Å². The van der Waals surface area contributed by atoms with Crippen molar-refractivity contribution < 1.29 is 18.7 Å². The maximum absolute atomic E-state index is 14.3. The van der Waals surface area contributed by atoms with Gasteiger partial charge in [0, 0.05) is 6.54 Å². The van der Waals surface area contributed by atoms with E-state index in [1.54, 1.807) is 36.2 Å². The molecule has 0 spiro atoms. The number of nitrogens with zero attached hydrogens (tertiary/aromatic N) is 4. The largest absolute Gasteiger partial charge is 0.350 e. The zero-order valence-electron chi connectivity index (χ0n) is 14.6. The third-order valence-corrected chi connectivity index (χ3v) is 4.88. The minimum atomic E-state index is -0.458. The van der Waals surface area contributed by atoms with Crippen molar-refractivity contribution in [3.05, 3.63) is 41.5 Å². The summed E-state index contributed by atoms with van der Waals surface area (Å²) in [6.07, 6.45) is 3.16. The monoisotopic (exact) mass is 360 g/mol. The Bertz CT molecular complexity index is 803. The van der Waals surface area contributed by atoms with E-state index < -0.39 is 6.29 Å². The molecular formula is C18H21FN4O3. The Morgan fingerprint density at radius 1 is 1.35 bits per heavy atom. The maximum Gasteiger partial charge on any atom is 0.228 e. The number of hydrogen-bond donors (Lipinski definition) is 0. The van der Waals surface area contributed by atoms with Crippen molar-refractivity contribution in [3.63, 3.8) is 0 Å². The fourth-order valence-corrected chi connectivity index (χ4v) is 3.51. The van der Waals surface area contributed by atoms with Crippen LogP contribution in [0, 0.1) is 12.7 Å². The summed E-state index contributed by atoms with van der Waals surface area (Å²) in [4.78, 5) is 14.4. The van der Waals surface area contributed by atoms with Crippen LogP contribution < -0.4 is 0 Å². The molecule has 0 radical (unpaired) electrons. The molecule has 8 heteroatoms. The number of ether oxygens (including phenoxy) is 2. The smallest absolute Gasteiger partial charge is 0.228 e. The first-order valence-electron chi connectivity index (χ1n) is 8.84. The van der Waals surface area contributed by atoms with Crippen molar-refractivity contribution in [2.24, 2.45) is 0 Å². The average Bonchev–Trinajstić information content (AvgIpc) is 3.37. The standard InChI is InChI=1S/C18H21FN4O3/c1-12-4-2-5-15(18(12)19)23-11-13(20-21-23)14-6-3-7-22(14)16(24)10-17-25-8-9-26-17/h2,4-5,11,14,17H,3,6-10H2,1H3. The summed E-state index contributed by atoms with van der Waals surface area (Å²) in [5, 5.41) is 8.27. The van der Waals surface area contributed by atoms with Crippen LogP contribution >= 0.6 is 0 Å². The van der Waals surface area contributed by atoms with Gasteiger partial charge in [-0.25, -0.2) is 9.07 Å². The Balaban J connectivity index is 1.52. The highest BCUT2D eigenvalue weighted by Gasteiger charge is 2.34. The highest BCUT2D eigenvalue weighted by molar-refractivity contribution is 5.77. The number of carbonyl (C=O) groups is 1. The van der Waals surface area contributed by atoms with Crippen molar-refractivity contribution >= 4 is 5.91 Å². The first kappa shape index (κ1) is 17.1. The lowest BCUT2D eigenvalue weighted by Gasteiger charge is -2.24. The van der Waals surface area contributed by atoms with Crippen molar-refractivity contribution in [3.8, 4) is 5.69 Å². The summed E-state index contributed by atoms with van der Waals surface area (Å²) in [6, 6.07) is 5.00. The van der Waals surface area contributed by atoms with Gasteiger partial charge in [-0.3, -0.25) is 4.79 Å². The number of aromatic nitrogens is 3. The predicted octanol–water partition coefficient (Wildman–Crippen LogP) is 2.14. The zero-order valence-corrected chi connectivity index (χ0v) is 14.6. The first-order chi connectivity index (χ1) is 12.6. The molecule has 0 bridgehead atoms. The lowest BCUT2D eigenvalue weighted by atomic mass is 10.1. The number of hydrogen-bond acceptors (Lipinski definition) is 5. The van der Waals surface area contributed by atoms with Gasteiger partial charge in [-0.15, -0.1) is 5.10 Å². The van der Waals surface area contributed by atoms with Crippen LogP contribution in [0.4, 0.5) is 4.39 Å². The predicted molar refractivity (Wildman–Crippen MR) is 90.1 cm³/mol. The second-order valence-corrected chi connectivity index (χ2v) is 6.62. The molecule has 1 aromatic carbocycles. The van der Waals surface area contributed by atoms with Crippen molar-refractivity contribution in [1.82, 2.24) is 19.9 Å². The quantitative estimate of drug-likeness (QED) is 0.836. The van der Waals surface area contributed by atoms with Crippen LogP contribution in [-0.4, -0.2) is 51.8 Å². The van der Waals surface area contributed by atoms with E-state index in [2.05, 4.69) is 10.3 Å². The first-order valence-corrected chi connectivity index (χ1v) is 8.84. The molecule has 2 fully saturated rings. The number of amides is 1. The van der Waals surface area contributed by atoms with Gasteiger partial charge in [0.15, 0.2) is 12.1 Å². The Hall–Kier alpha value is -2.32. The third-order valence-electron chi connectivity index (χ3n) is 4.88. The highest BCUT2D eigenvalue weighted by Crippen LogP contribution is 2.32. The van der Waals surface area contributed by atoms with Crippen molar-refractivity contribution in [1.29, 1.82) is 0 Å². The lowest BCUT2D eigenvalue weighted by molar-refractivity contribution is -0.140. The summed E-state index contributed by atoms with van der Waals surface area (Å²) in [5.74, 6) is -0.338. The molecule has 2 aromatic rings. The second-order valence-electron chi connectivity index (χ2n) is 6.62. The number of halogens is 1. The van der Waals surface area contributed by atoms with Gasteiger partial charge >= 0.3 is 0 Å². The maximum atomic E-state index is 14.3. The lowest BCUT2D eigenvalue weighted by Crippen LogP contribution is -2.33. The molecule has 3 heterocycles. The molecule has 26 heavy (non-hydrogen) atoms. The van der Waals surface area contributed by atoms with E-state index in [-0.39, 0.29) is 24.2 Å². The molecule has 1 aromatic heterocycles. The van der Waals surface area contributed by atoms with Gasteiger partial charge in [-0.2, -0.15) is 0 Å².